The molecule has 1 atom stereocenters. The molecule has 140 valence electrons. The summed E-state index contributed by atoms with van der Waals surface area (Å²) in [5.41, 5.74) is 2.92. The van der Waals surface area contributed by atoms with Gasteiger partial charge in [0.25, 0.3) is 11.8 Å². The molecule has 1 aliphatic carbocycles. The Hall–Kier alpha value is -2.69. The van der Waals surface area contributed by atoms with Gasteiger partial charge >= 0.3 is 0 Å². The molecule has 0 radical (unpaired) electrons. The maximum atomic E-state index is 13.1. The second kappa shape index (κ2) is 7.51. The molecular weight excluding hydrogens is 338 g/mol. The molecule has 2 aromatic rings. The van der Waals surface area contributed by atoms with Crippen molar-refractivity contribution in [3.63, 3.8) is 0 Å². The van der Waals surface area contributed by atoms with Crippen molar-refractivity contribution in [2.24, 2.45) is 0 Å². The smallest absolute Gasteiger partial charge is 0.277 e. The number of rotatable bonds is 3. The number of anilines is 1. The van der Waals surface area contributed by atoms with Gasteiger partial charge in [-0.1, -0.05) is 37.5 Å². The molecule has 5 nitrogen and oxygen atoms in total. The first-order chi connectivity index (χ1) is 13.1. The van der Waals surface area contributed by atoms with E-state index in [2.05, 4.69) is 16.4 Å². The molecule has 5 heteroatoms. The van der Waals surface area contributed by atoms with Gasteiger partial charge in [0.2, 0.25) is 0 Å². The molecular formula is C22H25N3O2. The van der Waals surface area contributed by atoms with E-state index in [0.717, 1.165) is 37.8 Å². The van der Waals surface area contributed by atoms with Crippen LogP contribution in [0, 0.1) is 0 Å². The van der Waals surface area contributed by atoms with E-state index in [1.807, 2.05) is 25.1 Å². The zero-order chi connectivity index (χ0) is 18.8. The Balaban J connectivity index is 1.53. The van der Waals surface area contributed by atoms with Crippen LogP contribution in [0.2, 0.25) is 0 Å². The van der Waals surface area contributed by atoms with Gasteiger partial charge in [-0.25, -0.2) is 0 Å². The number of fused-ring (bicyclic) bond motifs is 1. The monoisotopic (exact) mass is 363 g/mol. The van der Waals surface area contributed by atoms with E-state index in [4.69, 9.17) is 0 Å². The summed E-state index contributed by atoms with van der Waals surface area (Å²) >= 11 is 0. The third-order valence-corrected chi connectivity index (χ3v) is 5.61. The van der Waals surface area contributed by atoms with E-state index in [0.29, 0.717) is 11.3 Å². The molecule has 0 bridgehead atoms. The lowest BCUT2D eigenvalue weighted by Crippen LogP contribution is -2.37. The Bertz CT molecular complexity index is 858. The van der Waals surface area contributed by atoms with Crippen molar-refractivity contribution in [1.82, 2.24) is 10.3 Å². The predicted molar refractivity (Wildman–Crippen MR) is 105 cm³/mol. The van der Waals surface area contributed by atoms with Crippen LogP contribution >= 0.6 is 0 Å². The van der Waals surface area contributed by atoms with Crippen LogP contribution in [0.4, 0.5) is 5.69 Å². The Morgan fingerprint density at radius 2 is 1.89 bits per heavy atom. The van der Waals surface area contributed by atoms with E-state index in [9.17, 15) is 9.59 Å². The maximum Gasteiger partial charge on any atom is 0.277 e. The fourth-order valence-corrected chi connectivity index (χ4v) is 4.20. The number of hydrogen-bond acceptors (Lipinski definition) is 3. The van der Waals surface area contributed by atoms with Crippen molar-refractivity contribution in [2.45, 2.75) is 57.5 Å². The molecule has 1 aromatic heterocycles. The minimum atomic E-state index is -0.153. The van der Waals surface area contributed by atoms with Gasteiger partial charge in [-0.15, -0.1) is 0 Å². The molecule has 1 unspecified atom stereocenters. The summed E-state index contributed by atoms with van der Waals surface area (Å²) < 4.78 is 0. The minimum Gasteiger partial charge on any atom is -0.349 e. The van der Waals surface area contributed by atoms with E-state index in [1.54, 1.807) is 23.2 Å². The lowest BCUT2D eigenvalue weighted by molar-refractivity contribution is 0.0927. The van der Waals surface area contributed by atoms with Crippen LogP contribution in [0.15, 0.2) is 42.6 Å². The number of aromatic nitrogens is 1. The Labute approximate surface area is 159 Å². The lowest BCUT2D eigenvalue weighted by Gasteiger charge is -2.23. The molecule has 1 aliphatic heterocycles. The standard InChI is InChI=1S/C22H25N3O2/c1-15-13-16-7-5-6-10-20(16)25(15)22(27)19-14-17(11-12-23-19)21(26)24-18-8-3-2-4-9-18/h5-7,10-12,14-15,18H,2-4,8-9,13H2,1H3,(H,24,26). The van der Waals surface area contributed by atoms with Gasteiger partial charge < -0.3 is 10.2 Å². The van der Waals surface area contributed by atoms with E-state index < -0.39 is 0 Å². The highest BCUT2D eigenvalue weighted by atomic mass is 16.2. The first-order valence-electron chi connectivity index (χ1n) is 9.82. The van der Waals surface area contributed by atoms with Crippen LogP contribution in [0.1, 0.15) is 65.4 Å². The van der Waals surface area contributed by atoms with Crippen LogP contribution in [-0.4, -0.2) is 28.9 Å². The van der Waals surface area contributed by atoms with Crippen molar-refractivity contribution < 1.29 is 9.59 Å². The number of amides is 2. The molecule has 0 saturated heterocycles. The molecule has 2 aliphatic rings. The van der Waals surface area contributed by atoms with Crippen molar-refractivity contribution in [3.05, 3.63) is 59.4 Å². The molecule has 2 heterocycles. The number of para-hydroxylation sites is 1. The van der Waals surface area contributed by atoms with Crippen molar-refractivity contribution in [3.8, 4) is 0 Å². The average Bonchev–Trinajstić information content (AvgIpc) is 3.04. The van der Waals surface area contributed by atoms with Gasteiger partial charge in [-0.2, -0.15) is 0 Å². The quantitative estimate of drug-likeness (QED) is 0.904. The second-order valence-corrected chi connectivity index (χ2v) is 7.60. The summed E-state index contributed by atoms with van der Waals surface area (Å²) in [4.78, 5) is 31.8. The van der Waals surface area contributed by atoms with Crippen LogP contribution in [0.25, 0.3) is 0 Å². The Morgan fingerprint density at radius 3 is 2.70 bits per heavy atom. The van der Waals surface area contributed by atoms with Crippen molar-refractivity contribution in [2.75, 3.05) is 4.90 Å². The summed E-state index contributed by atoms with van der Waals surface area (Å²) in [7, 11) is 0. The van der Waals surface area contributed by atoms with E-state index in [1.165, 1.54) is 12.0 Å². The number of pyridine rings is 1. The van der Waals surface area contributed by atoms with Crippen LogP contribution in [-0.2, 0) is 6.42 Å². The molecule has 4 rings (SSSR count). The van der Waals surface area contributed by atoms with Gasteiger partial charge in [0, 0.05) is 29.5 Å². The summed E-state index contributed by atoms with van der Waals surface area (Å²) in [5.74, 6) is -0.270. The van der Waals surface area contributed by atoms with Gasteiger partial charge in [0.05, 0.1) is 0 Å². The SMILES string of the molecule is CC1Cc2ccccc2N1C(=O)c1cc(C(=O)NC2CCCCC2)ccn1. The maximum absolute atomic E-state index is 13.1. The van der Waals surface area contributed by atoms with E-state index >= 15 is 0 Å². The summed E-state index contributed by atoms with van der Waals surface area (Å²) in [5, 5.41) is 3.10. The highest BCUT2D eigenvalue weighted by molar-refractivity contribution is 6.07. The number of carbonyl (C=O) groups excluding carboxylic acids is 2. The topological polar surface area (TPSA) is 62.3 Å². The van der Waals surface area contributed by atoms with E-state index in [-0.39, 0.29) is 23.9 Å². The largest absolute Gasteiger partial charge is 0.349 e. The second-order valence-electron chi connectivity index (χ2n) is 7.60. The highest BCUT2D eigenvalue weighted by Gasteiger charge is 2.32. The first-order valence-corrected chi connectivity index (χ1v) is 9.82. The minimum absolute atomic E-state index is 0.0800. The fourth-order valence-electron chi connectivity index (χ4n) is 4.20. The molecule has 1 N–H and O–H groups in total. The molecule has 1 aromatic carbocycles. The molecule has 27 heavy (non-hydrogen) atoms. The van der Waals surface area contributed by atoms with Crippen LogP contribution < -0.4 is 10.2 Å². The Morgan fingerprint density at radius 1 is 1.11 bits per heavy atom. The zero-order valence-electron chi connectivity index (χ0n) is 15.6. The average molecular weight is 363 g/mol. The number of nitrogens with zero attached hydrogens (tertiary/aromatic N) is 2. The molecule has 1 fully saturated rings. The molecule has 0 spiro atoms. The predicted octanol–water partition coefficient (Wildman–Crippen LogP) is 3.74. The normalized spacial score (nSPS) is 19.6. The zero-order valence-corrected chi connectivity index (χ0v) is 15.6. The van der Waals surface area contributed by atoms with Gasteiger partial charge in [-0.3, -0.25) is 14.6 Å². The third kappa shape index (κ3) is 3.59. The van der Waals surface area contributed by atoms with Crippen LogP contribution in [0.5, 0.6) is 0 Å². The number of benzene rings is 1. The van der Waals surface area contributed by atoms with Crippen LogP contribution in [0.3, 0.4) is 0 Å². The summed E-state index contributed by atoms with van der Waals surface area (Å²) in [6.45, 7) is 2.04. The van der Waals surface area contributed by atoms with Gasteiger partial charge in [-0.05, 0) is 49.9 Å². The highest BCUT2D eigenvalue weighted by Crippen LogP contribution is 2.32. The first kappa shape index (κ1) is 17.7. The number of hydrogen-bond donors (Lipinski definition) is 1. The van der Waals surface area contributed by atoms with Gasteiger partial charge in [0.15, 0.2) is 0 Å². The fraction of sp³-hybridized carbons (Fsp3) is 0.409. The summed E-state index contributed by atoms with van der Waals surface area (Å²) in [6, 6.07) is 11.6. The molecule has 1 saturated carbocycles. The number of nitrogens with one attached hydrogen (secondary N) is 1. The van der Waals surface area contributed by atoms with Gasteiger partial charge in [0.1, 0.15) is 5.69 Å². The third-order valence-electron chi connectivity index (χ3n) is 5.61. The summed E-state index contributed by atoms with van der Waals surface area (Å²) in [6.07, 6.45) is 8.03. The Kier molecular flexibility index (Phi) is 4.92. The van der Waals surface area contributed by atoms with Crippen molar-refractivity contribution >= 4 is 17.5 Å². The number of carbonyl (C=O) groups is 2. The lowest BCUT2D eigenvalue weighted by atomic mass is 9.95. The molecule has 2 amide bonds. The van der Waals surface area contributed by atoms with Crippen molar-refractivity contribution in [1.29, 1.82) is 0 Å².